The maximum Gasteiger partial charge on any atom is 0.411 e. The highest BCUT2D eigenvalue weighted by Crippen LogP contribution is 2.40. The third kappa shape index (κ3) is 25.5. The van der Waals surface area contributed by atoms with Gasteiger partial charge in [0.1, 0.15) is 71.3 Å². The summed E-state index contributed by atoms with van der Waals surface area (Å²) in [7, 11) is 10.5. The highest BCUT2D eigenvalue weighted by atomic mass is 35.5. The van der Waals surface area contributed by atoms with Crippen LogP contribution in [0.5, 0.6) is 5.88 Å². The number of aryl methyl sites for hydroxylation is 5. The van der Waals surface area contributed by atoms with Crippen molar-refractivity contribution < 1.29 is 76.3 Å². The van der Waals surface area contributed by atoms with Gasteiger partial charge >= 0.3 is 35.9 Å². The summed E-state index contributed by atoms with van der Waals surface area (Å²) in [5.41, 5.74) is 19.1. The summed E-state index contributed by atoms with van der Waals surface area (Å²) in [5.74, 6) is -2.11. The highest BCUT2D eigenvalue weighted by molar-refractivity contribution is 6.33. The molecule has 4 aliphatic heterocycles. The van der Waals surface area contributed by atoms with E-state index in [4.69, 9.17) is 91.2 Å². The molecule has 0 saturated carbocycles. The molecule has 0 fully saturated rings. The Bertz CT molecular complexity index is 7760. The molecule has 0 bridgehead atoms. The number of anilines is 5. The summed E-state index contributed by atoms with van der Waals surface area (Å²) >= 11 is 31.0. The van der Waals surface area contributed by atoms with Crippen LogP contribution in [0.25, 0.3) is 67.3 Å². The van der Waals surface area contributed by atoms with Gasteiger partial charge in [0.05, 0.1) is 96.3 Å². The number of aromatic amines is 1. The van der Waals surface area contributed by atoms with E-state index >= 15 is 0 Å². The molecule has 20 rings (SSSR count). The van der Waals surface area contributed by atoms with Crippen LogP contribution in [0.4, 0.5) is 33.2 Å². The highest BCUT2D eigenvalue weighted by Gasteiger charge is 2.32. The van der Waals surface area contributed by atoms with Crippen LogP contribution in [0, 0.1) is 0 Å². The molecule has 0 radical (unpaired) electrons. The zero-order valence-corrected chi connectivity index (χ0v) is 86.2. The lowest BCUT2D eigenvalue weighted by Gasteiger charge is -2.27. The first-order valence-electron chi connectivity index (χ1n) is 46.9. The number of amides is 4. The fraction of sp³-hybridized carbons (Fsp3) is 0.236. The first-order valence-corrected chi connectivity index (χ1v) is 48.8. The summed E-state index contributed by atoms with van der Waals surface area (Å²) < 4.78 is 46.0. The number of halogens is 5. The van der Waals surface area contributed by atoms with Crippen molar-refractivity contribution in [1.82, 2.24) is 84.9 Å². The number of aromatic nitrogens is 17. The van der Waals surface area contributed by atoms with Crippen molar-refractivity contribution in [3.63, 3.8) is 0 Å². The molecule has 4 amide bonds. The van der Waals surface area contributed by atoms with Gasteiger partial charge in [-0.15, -0.1) is 25.5 Å². The summed E-state index contributed by atoms with van der Waals surface area (Å²) in [6.07, 6.45) is -2.59. The van der Waals surface area contributed by atoms with Crippen molar-refractivity contribution in [3.05, 3.63) is 321 Å². The zero-order chi connectivity index (χ0) is 106. The number of rotatable bonds is 25. The fourth-order valence-corrected chi connectivity index (χ4v) is 18.3. The minimum absolute atomic E-state index is 0.00204. The number of nitrogens with zero attached hydrogens (tertiary/aromatic N) is 17. The van der Waals surface area contributed by atoms with Crippen molar-refractivity contribution >= 4 is 151 Å². The largest absolute Gasteiger partial charge is 0.466 e. The van der Waals surface area contributed by atoms with Crippen LogP contribution in [-0.4, -0.2) is 159 Å². The maximum absolute atomic E-state index is 12.7. The Kier molecular flexibility index (Phi) is 33.4. The van der Waals surface area contributed by atoms with E-state index in [9.17, 15) is 47.9 Å². The van der Waals surface area contributed by atoms with E-state index in [1.54, 1.807) is 143 Å². The Labute approximate surface area is 882 Å². The number of fused-ring (bicyclic) bond motifs is 5. The number of hydrogen-bond donors (Lipinski definition) is 5. The second-order valence-electron chi connectivity index (χ2n) is 35.0. The number of cyclic esters (lactones) is 1. The molecule has 150 heavy (non-hydrogen) atoms. The standard InChI is InChI=1S/C22H22ClN5O3.C22H19ClN4O3.C21H19ClN4O4.C21H19ClN4O3.C20H18ClN5O4/c1-13(15-6-4-5-7-16(15)23)31-21(30)11-19-22(25-26-28(19)3)14-8-9-17-18(10-14)27(2)12-20(29)24-17;1-13(16-5-3-4-6-17(16)23)30-21(29)12-19-22(25-26-27(19)2)15-7-9-18-14(11-15)8-10-20(28)24-18;1-12(15-5-3-4-6-16(15)22)30-19(27)10-18-20(24-25-26(18)2)13-7-8-17-14(9-13)11-29-21(28)23-17;1-12(15-5-3-4-6-16(15)22)29-20(28)11-18-21(24-25-26(18)2)13-7-8-17-14(9-13)10-19(27)23-17;1-11(12-5-3-4-6-13(12)21)30-18(28)9-16-19(24-25-26(16)2)14-7-8-15-20(23-14)29-10-17(27)22-15/h4-10,13H,11-12H2,1-3H3,(H,24,29);3-11,13H,12H2,1-2H3,(H,24,28);3-9,12H,10-11H2,1-2H3,(H,23,28);3-9,12H,10-11H2,1-2H3,(H,23,27);3-8,11H,9-10H2,1-2H3,(H,22,27)/t2*13-;2*12-;11-/m11111/s1. The minimum atomic E-state index is -0.505. The van der Waals surface area contributed by atoms with Gasteiger partial charge in [-0.05, 0) is 143 Å². The number of ether oxygens (including phenoxy) is 7. The molecular weight excluding hydrogens is 2030 g/mol. The van der Waals surface area contributed by atoms with Gasteiger partial charge in [-0.2, -0.15) is 0 Å². The average molecular weight is 2130 g/mol. The van der Waals surface area contributed by atoms with Crippen LogP contribution in [-0.2, 0) is 147 Å². The summed E-state index contributed by atoms with van der Waals surface area (Å²) in [6.45, 7) is 9.23. The smallest absolute Gasteiger partial charge is 0.411 e. The quantitative estimate of drug-likeness (QED) is 0.0262. The van der Waals surface area contributed by atoms with E-state index < -0.39 is 66.5 Å². The van der Waals surface area contributed by atoms with Gasteiger partial charge in [-0.25, -0.2) is 9.78 Å². The Morgan fingerprint density at radius 1 is 0.347 bits per heavy atom. The van der Waals surface area contributed by atoms with Gasteiger partial charge in [0.2, 0.25) is 23.3 Å². The Hall–Kier alpha value is -16.9. The molecule has 4 aliphatic rings. The van der Waals surface area contributed by atoms with Crippen molar-refractivity contribution in [1.29, 1.82) is 0 Å². The van der Waals surface area contributed by atoms with E-state index in [1.165, 1.54) is 10.7 Å². The van der Waals surface area contributed by atoms with Crippen molar-refractivity contribution in [3.8, 4) is 62.3 Å². The third-order valence-electron chi connectivity index (χ3n) is 24.6. The van der Waals surface area contributed by atoms with Gasteiger partial charge in [0, 0.05) is 140 Å². The number of esters is 5. The normalized spacial score (nSPS) is 13.5. The average Bonchev–Trinajstić information content (AvgIpc) is 1.76. The molecule has 5 N–H and O–H groups in total. The van der Waals surface area contributed by atoms with Gasteiger partial charge in [-0.1, -0.05) is 199 Å². The van der Waals surface area contributed by atoms with Gasteiger partial charge in [0.25, 0.3) is 5.91 Å². The molecule has 11 heterocycles. The number of likely N-dealkylation sites (N-methyl/N-ethyl adjacent to an activating group) is 1. The molecule has 0 aliphatic carbocycles. The summed E-state index contributed by atoms with van der Waals surface area (Å²) in [6, 6.07) is 65.0. The minimum Gasteiger partial charge on any atom is -0.466 e. The molecule has 768 valence electrons. The molecule has 0 saturated heterocycles. The van der Waals surface area contributed by atoms with Crippen LogP contribution >= 0.6 is 58.0 Å². The topological polar surface area (TPSA) is 469 Å². The van der Waals surface area contributed by atoms with E-state index in [2.05, 4.69) is 82.8 Å². The maximum atomic E-state index is 12.7. The molecule has 7 aromatic heterocycles. The van der Waals surface area contributed by atoms with Gasteiger partial charge in [0.15, 0.2) is 6.61 Å². The first kappa shape index (κ1) is 106. The van der Waals surface area contributed by atoms with E-state index in [-0.39, 0.29) is 75.1 Å². The number of hydrogen-bond acceptors (Lipinski definition) is 29. The summed E-state index contributed by atoms with van der Waals surface area (Å²) in [4.78, 5) is 130. The van der Waals surface area contributed by atoms with Gasteiger partial charge < -0.3 is 59.0 Å². The van der Waals surface area contributed by atoms with E-state index in [0.717, 1.165) is 89.2 Å². The summed E-state index contributed by atoms with van der Waals surface area (Å²) in [5, 5.41) is 55.9. The first-order chi connectivity index (χ1) is 72.0. The van der Waals surface area contributed by atoms with Crippen LogP contribution in [0.2, 0.25) is 25.1 Å². The number of carbonyl (C=O) groups is 9. The predicted molar refractivity (Wildman–Crippen MR) is 559 cm³/mol. The molecule has 5 atom stereocenters. The molecule has 44 heteroatoms. The molecule has 39 nitrogen and oxygen atoms in total. The third-order valence-corrected chi connectivity index (χ3v) is 26.3. The number of benzene rings is 9. The van der Waals surface area contributed by atoms with E-state index in [1.807, 2.05) is 170 Å². The monoisotopic (exact) mass is 2120 g/mol. The zero-order valence-electron chi connectivity index (χ0n) is 82.5. The van der Waals surface area contributed by atoms with Crippen LogP contribution < -0.4 is 36.5 Å². The Morgan fingerprint density at radius 2 is 0.687 bits per heavy atom. The van der Waals surface area contributed by atoms with Crippen molar-refractivity contribution in [2.24, 2.45) is 35.2 Å². The number of carbonyl (C=O) groups excluding carboxylic acids is 9. The second kappa shape index (κ2) is 47.3. The lowest BCUT2D eigenvalue weighted by Crippen LogP contribution is -2.35. The SMILES string of the molecule is C[C@@H](OC(=O)Cc1c(-c2ccc3[nH]c(=O)ccc3c2)nnn1C)c1ccccc1Cl.C[C@@H](OC(=O)Cc1c(-c2ccc3c(c2)CC(=O)N3)nnn1C)c1ccccc1Cl.C[C@@H](OC(=O)Cc1c(-c2ccc3c(c2)COC(=O)N3)nnn1C)c1ccccc1Cl.C[C@@H](OC(=O)Cc1c(-c2ccc3c(c2)N(C)CC(=O)N3)nnn1C)c1ccccc1Cl.C[C@@H](OC(=O)Cc1c(-c2ccc3c(n2)OCC(=O)N3)nnn1C)c1ccccc1Cl. The molecular formula is C106H97Cl5N22O17. The predicted octanol–water partition coefficient (Wildman–Crippen LogP) is 17.4. The Morgan fingerprint density at radius 3 is 1.10 bits per heavy atom. The van der Waals surface area contributed by atoms with Crippen molar-refractivity contribution in [2.45, 2.75) is 110 Å². The van der Waals surface area contributed by atoms with Crippen LogP contribution in [0.15, 0.2) is 223 Å². The van der Waals surface area contributed by atoms with E-state index in [0.29, 0.717) is 111 Å². The molecule has 16 aromatic rings. The number of pyridine rings is 2. The molecule has 0 unspecified atom stereocenters. The molecule has 0 spiro atoms. The lowest BCUT2D eigenvalue weighted by atomic mass is 10.0. The fourth-order valence-electron chi connectivity index (χ4n) is 16.8. The van der Waals surface area contributed by atoms with Crippen molar-refractivity contribution in [2.75, 3.05) is 46.4 Å². The van der Waals surface area contributed by atoms with Crippen LogP contribution in [0.1, 0.15) is 133 Å². The van der Waals surface area contributed by atoms with Gasteiger partial charge in [-0.3, -0.25) is 71.9 Å². The van der Waals surface area contributed by atoms with Crippen LogP contribution in [0.3, 0.4) is 0 Å². The number of H-pyrrole nitrogens is 1. The number of nitrogens with one attached hydrogen (secondary N) is 5. The Balaban J connectivity index is 0.000000133. The second-order valence-corrected chi connectivity index (χ2v) is 37.0. The molecule has 9 aromatic carbocycles. The lowest BCUT2D eigenvalue weighted by molar-refractivity contribution is -0.148.